The first-order chi connectivity index (χ1) is 26.4. The second kappa shape index (κ2) is 23.8. The topological polar surface area (TPSA) is 194 Å². The van der Waals surface area contributed by atoms with E-state index in [-0.39, 0.29) is 72.2 Å². The molecule has 0 aromatic heterocycles. The van der Waals surface area contributed by atoms with Crippen molar-refractivity contribution in [2.75, 3.05) is 40.5 Å². The number of allylic oxidation sites excluding steroid dienone is 1. The van der Waals surface area contributed by atoms with Gasteiger partial charge in [-0.2, -0.15) is 0 Å². The van der Waals surface area contributed by atoms with E-state index >= 15 is 0 Å². The van der Waals surface area contributed by atoms with Crippen molar-refractivity contribution in [1.82, 2.24) is 5.01 Å². The summed E-state index contributed by atoms with van der Waals surface area (Å²) >= 11 is 0. The van der Waals surface area contributed by atoms with Crippen molar-refractivity contribution in [3.63, 3.8) is 0 Å². The number of hydrazone groups is 1. The highest BCUT2D eigenvalue weighted by Gasteiger charge is 2.34. The van der Waals surface area contributed by atoms with E-state index in [1.54, 1.807) is 14.1 Å². The molecule has 302 valence electrons. The number of ketones is 2. The summed E-state index contributed by atoms with van der Waals surface area (Å²) in [5, 5.41) is 15.2. The highest BCUT2D eigenvalue weighted by molar-refractivity contribution is 5.98. The number of carbonyl (C=O) groups excluding carboxylic acids is 6. The maximum absolute atomic E-state index is 13.3. The second-order valence-electron chi connectivity index (χ2n) is 13.8. The summed E-state index contributed by atoms with van der Waals surface area (Å²) in [6, 6.07) is 4.27. The molecule has 0 heterocycles. The van der Waals surface area contributed by atoms with Crippen LogP contribution in [-0.2, 0) is 47.9 Å². The Labute approximate surface area is 321 Å². The molecule has 0 spiro atoms. The van der Waals surface area contributed by atoms with Gasteiger partial charge in [0, 0.05) is 39.1 Å². The van der Waals surface area contributed by atoms with Crippen LogP contribution in [0.5, 0.6) is 11.5 Å². The fraction of sp³-hybridized carbons (Fsp3) is 0.575. The summed E-state index contributed by atoms with van der Waals surface area (Å²) in [7, 11) is 3.20. The van der Waals surface area contributed by atoms with Crippen LogP contribution in [-0.4, -0.2) is 92.1 Å². The summed E-state index contributed by atoms with van der Waals surface area (Å²) in [5.74, 6) is -3.53. The summed E-state index contributed by atoms with van der Waals surface area (Å²) in [4.78, 5) is 78.6. The molecule has 2 aliphatic carbocycles. The van der Waals surface area contributed by atoms with Crippen molar-refractivity contribution < 1.29 is 62.6 Å². The van der Waals surface area contributed by atoms with E-state index in [4.69, 9.17) is 23.7 Å². The van der Waals surface area contributed by atoms with Gasteiger partial charge in [0.05, 0.1) is 36.5 Å². The molecule has 0 radical (unpaired) electrons. The van der Waals surface area contributed by atoms with Gasteiger partial charge >= 0.3 is 23.9 Å². The molecule has 0 amide bonds. The summed E-state index contributed by atoms with van der Waals surface area (Å²) < 4.78 is 27.2. The van der Waals surface area contributed by atoms with E-state index in [9.17, 15) is 34.0 Å². The fourth-order valence-corrected chi connectivity index (χ4v) is 6.36. The minimum atomic E-state index is -0.520. The molecule has 0 unspecified atom stereocenters. The number of esters is 4. The van der Waals surface area contributed by atoms with Gasteiger partial charge in [0.1, 0.15) is 18.1 Å². The van der Waals surface area contributed by atoms with E-state index in [1.807, 2.05) is 0 Å². The van der Waals surface area contributed by atoms with Gasteiger partial charge in [0.2, 0.25) is 0 Å². The molecule has 3 rings (SSSR count). The first kappa shape index (κ1) is 44.5. The zero-order valence-corrected chi connectivity index (χ0v) is 31.9. The van der Waals surface area contributed by atoms with Crippen molar-refractivity contribution in [3.8, 4) is 11.5 Å². The number of ether oxygens (including phenoxy) is 5. The Kier molecular flexibility index (Phi) is 19.3. The second-order valence-corrected chi connectivity index (χ2v) is 13.8. The molecule has 55 heavy (non-hydrogen) atoms. The third kappa shape index (κ3) is 15.4. The van der Waals surface area contributed by atoms with E-state index in [0.717, 1.165) is 6.08 Å². The maximum Gasteiger partial charge on any atom is 0.330 e. The summed E-state index contributed by atoms with van der Waals surface area (Å²) in [6.45, 7) is 7.58. The van der Waals surface area contributed by atoms with Crippen LogP contribution in [0.2, 0.25) is 0 Å². The van der Waals surface area contributed by atoms with Crippen LogP contribution in [0.4, 0.5) is 0 Å². The van der Waals surface area contributed by atoms with Gasteiger partial charge < -0.3 is 28.6 Å². The quantitative estimate of drug-likeness (QED) is 0.0231. The maximum atomic E-state index is 13.3. The van der Waals surface area contributed by atoms with E-state index in [1.165, 1.54) is 29.3 Å². The monoisotopic (exact) mass is 770 g/mol. The van der Waals surface area contributed by atoms with Gasteiger partial charge in [-0.05, 0) is 101 Å². The molecule has 0 saturated heterocycles. The van der Waals surface area contributed by atoms with Gasteiger partial charge in [-0.15, -0.1) is 5.10 Å². The molecule has 0 atom stereocenters. The molecule has 1 aromatic carbocycles. The number of hydrogen-bond donors (Lipinski definition) is 1. The molecule has 2 aliphatic rings. The molecule has 2 saturated carbocycles. The van der Waals surface area contributed by atoms with E-state index < -0.39 is 29.7 Å². The van der Waals surface area contributed by atoms with Crippen molar-refractivity contribution in [2.45, 2.75) is 83.5 Å². The van der Waals surface area contributed by atoms with Crippen LogP contribution < -0.4 is 9.47 Å². The van der Waals surface area contributed by atoms with E-state index in [2.05, 4.69) is 23.1 Å². The van der Waals surface area contributed by atoms with Crippen molar-refractivity contribution >= 4 is 41.3 Å². The lowest BCUT2D eigenvalue weighted by atomic mass is 9.80. The standard InChI is InChI=1S/C40H54N2O13/c1-5-31(43)11-7-8-22-50-26-34(44)27-12-14-30(15-13-27)40(48)54-35-21-20-32(25-33(35)37(55-49)41-42(3)4)53-39(47)29-18-16-28(17-19-29)38(46)52-24-10-9-23-51-36(45)6-2/h5-6,20-21,25,27-30,49H,1-2,7-19,22-24,26H2,3-4H3/b41-37-. The zero-order valence-electron chi connectivity index (χ0n) is 31.9. The minimum Gasteiger partial charge on any atom is -0.465 e. The number of nitrogens with zero attached hydrogens (tertiary/aromatic N) is 2. The van der Waals surface area contributed by atoms with Crippen LogP contribution in [0.15, 0.2) is 48.6 Å². The Bertz CT molecular complexity index is 1520. The third-order valence-electron chi connectivity index (χ3n) is 9.53. The fourth-order valence-electron chi connectivity index (χ4n) is 6.36. The molecular weight excluding hydrogens is 716 g/mol. The molecule has 0 aliphatic heterocycles. The average Bonchev–Trinajstić information content (AvgIpc) is 3.19. The predicted molar refractivity (Wildman–Crippen MR) is 199 cm³/mol. The summed E-state index contributed by atoms with van der Waals surface area (Å²) in [5.41, 5.74) is 0.0649. The van der Waals surface area contributed by atoms with Crippen LogP contribution in [0.3, 0.4) is 0 Å². The largest absolute Gasteiger partial charge is 0.465 e. The molecule has 0 bridgehead atoms. The lowest BCUT2D eigenvalue weighted by Gasteiger charge is -2.26. The smallest absolute Gasteiger partial charge is 0.330 e. The predicted octanol–water partition coefficient (Wildman–Crippen LogP) is 5.39. The first-order valence-electron chi connectivity index (χ1n) is 18.8. The Hall–Kier alpha value is -4.89. The molecule has 15 nitrogen and oxygen atoms in total. The van der Waals surface area contributed by atoms with Gasteiger partial charge in [0.25, 0.3) is 5.90 Å². The summed E-state index contributed by atoms with van der Waals surface area (Å²) in [6.07, 6.45) is 8.87. The normalized spacial score (nSPS) is 19.7. The molecule has 1 N–H and O–H groups in total. The highest BCUT2D eigenvalue weighted by Crippen LogP contribution is 2.34. The zero-order chi connectivity index (χ0) is 40.2. The van der Waals surface area contributed by atoms with Crippen molar-refractivity contribution in [3.05, 3.63) is 49.1 Å². The number of hydrogen-bond acceptors (Lipinski definition) is 15. The van der Waals surface area contributed by atoms with Crippen molar-refractivity contribution in [2.24, 2.45) is 28.8 Å². The number of rotatable bonds is 22. The molecule has 1 aromatic rings. The van der Waals surface area contributed by atoms with Gasteiger partial charge in [-0.25, -0.2) is 10.1 Å². The lowest BCUT2D eigenvalue weighted by molar-refractivity contribution is -0.155. The van der Waals surface area contributed by atoms with Gasteiger partial charge in [0.15, 0.2) is 11.6 Å². The van der Waals surface area contributed by atoms with Crippen LogP contribution >= 0.6 is 0 Å². The SMILES string of the molecule is C=CC(=O)CCCCOCC(=O)C1CCC(C(=O)Oc2ccc(OC(=O)C3CCC(C(=O)OCCCCOC(=O)C=C)CC3)cc2/C(=N/N(C)C)OO)CC1. The van der Waals surface area contributed by atoms with Crippen molar-refractivity contribution in [1.29, 1.82) is 0 Å². The Morgan fingerprint density at radius 2 is 1.31 bits per heavy atom. The lowest BCUT2D eigenvalue weighted by Crippen LogP contribution is -2.30. The third-order valence-corrected chi connectivity index (χ3v) is 9.53. The van der Waals surface area contributed by atoms with Gasteiger partial charge in [-0.1, -0.05) is 13.2 Å². The number of carbonyl (C=O) groups is 6. The Balaban J connectivity index is 1.51. The first-order valence-corrected chi connectivity index (χ1v) is 18.8. The average molecular weight is 771 g/mol. The van der Waals surface area contributed by atoms with Crippen LogP contribution in [0, 0.1) is 23.7 Å². The number of unbranched alkanes of at least 4 members (excludes halogenated alkanes) is 2. The van der Waals surface area contributed by atoms with Crippen LogP contribution in [0.1, 0.15) is 89.0 Å². The molecule has 15 heteroatoms. The molecule has 2 fully saturated rings. The van der Waals surface area contributed by atoms with Gasteiger partial charge in [-0.3, -0.25) is 29.0 Å². The number of benzene rings is 1. The molecular formula is C40H54N2O13. The minimum absolute atomic E-state index is 0.0131. The van der Waals surface area contributed by atoms with E-state index in [0.29, 0.717) is 90.1 Å². The highest BCUT2D eigenvalue weighted by atomic mass is 17.1. The number of Topliss-reactive ketones (excluding diaryl/α,β-unsaturated/α-hetero) is 1. The van der Waals surface area contributed by atoms with Crippen LogP contribution in [0.25, 0.3) is 0 Å². The Morgan fingerprint density at radius 3 is 1.89 bits per heavy atom. The Morgan fingerprint density at radius 1 is 0.745 bits per heavy atom.